The molecule has 2 fully saturated rings. The average molecular weight is 733 g/mol. The molecule has 266 valence electrons. The van der Waals surface area contributed by atoms with Crippen LogP contribution < -0.4 is 56.7 Å². The van der Waals surface area contributed by atoms with E-state index >= 15 is 0 Å². The minimum absolute atomic E-state index is 0. The Kier molecular flexibility index (Phi) is 13.8. The second kappa shape index (κ2) is 17.6. The topological polar surface area (TPSA) is 194 Å². The van der Waals surface area contributed by atoms with E-state index < -0.39 is 23.4 Å². The zero-order valence-corrected chi connectivity index (χ0v) is 33.1. The number of hydrogen-bond donors (Lipinski definition) is 3. The number of benzene rings is 1. The first-order valence-electron chi connectivity index (χ1n) is 16.7. The Morgan fingerprint density at radius 1 is 0.712 bits per heavy atom. The smallest absolute Gasteiger partial charge is 0.870 e. The van der Waals surface area contributed by atoms with Crippen molar-refractivity contribution in [3.63, 3.8) is 0 Å². The number of aromatic amines is 2. The van der Waals surface area contributed by atoms with Gasteiger partial charge in [-0.1, -0.05) is 18.2 Å². The minimum Gasteiger partial charge on any atom is -0.870 e. The second-order valence-electron chi connectivity index (χ2n) is 12.8. The number of carbonyl (C=O) groups excluding carboxylic acids is 5. The summed E-state index contributed by atoms with van der Waals surface area (Å²) in [5.74, 6) is -2.07. The van der Waals surface area contributed by atoms with Gasteiger partial charge in [-0.05, 0) is 63.1 Å². The Morgan fingerprint density at radius 3 is 1.73 bits per heavy atom. The maximum absolute atomic E-state index is 12.9. The van der Waals surface area contributed by atoms with Gasteiger partial charge in [0.15, 0.2) is 0 Å². The van der Waals surface area contributed by atoms with E-state index in [2.05, 4.69) is 25.3 Å². The molecule has 15 heteroatoms. The fraction of sp³-hybridized carbons (Fsp3) is 0.324. The predicted octanol–water partition coefficient (Wildman–Crippen LogP) is 0.129. The molecule has 7 rings (SSSR count). The van der Waals surface area contributed by atoms with Crippen molar-refractivity contribution >= 4 is 51.4 Å². The van der Waals surface area contributed by atoms with Crippen LogP contribution in [0.1, 0.15) is 56.0 Å². The molecule has 4 N–H and O–H groups in total. The quantitative estimate of drug-likeness (QED) is 0.128. The van der Waals surface area contributed by atoms with Crippen molar-refractivity contribution in [2.24, 2.45) is 0 Å². The van der Waals surface area contributed by atoms with E-state index in [-0.39, 0.29) is 74.9 Å². The number of rotatable bonds is 5. The van der Waals surface area contributed by atoms with Gasteiger partial charge < -0.3 is 35.5 Å². The summed E-state index contributed by atoms with van der Waals surface area (Å²) in [5.41, 5.74) is 4.42. The minimum atomic E-state index is -0.554. The number of piperazine rings is 2. The van der Waals surface area contributed by atoms with E-state index in [1.54, 1.807) is 51.6 Å². The molecule has 2 aliphatic rings. The molecule has 6 heterocycles. The van der Waals surface area contributed by atoms with Gasteiger partial charge >= 0.3 is 51.4 Å². The van der Waals surface area contributed by atoms with E-state index in [0.717, 1.165) is 23.1 Å². The summed E-state index contributed by atoms with van der Waals surface area (Å²) in [6.07, 6.45) is 6.47. The van der Waals surface area contributed by atoms with Crippen LogP contribution in [-0.2, 0) is 9.59 Å². The van der Waals surface area contributed by atoms with Crippen LogP contribution in [0, 0.1) is 13.8 Å². The number of Topliss-reactive ketones (excluding diaryl/α,β-unsaturated/α-hetero) is 2. The second-order valence-corrected chi connectivity index (χ2v) is 12.8. The number of amides is 3. The number of nitrogens with one attached hydrogen (secondary N) is 3. The summed E-state index contributed by atoms with van der Waals surface area (Å²) in [6.45, 7) is 10.7. The largest absolute Gasteiger partial charge is 1.00 e. The van der Waals surface area contributed by atoms with E-state index in [1.807, 2.05) is 58.0 Å². The van der Waals surface area contributed by atoms with Gasteiger partial charge in [0.1, 0.15) is 11.3 Å². The summed E-state index contributed by atoms with van der Waals surface area (Å²) in [5, 5.41) is 4.62. The Hall–Kier alpha value is -4.09. The molecule has 0 unspecified atom stereocenters. The molecule has 1 aromatic carbocycles. The molecule has 0 saturated carbocycles. The van der Waals surface area contributed by atoms with Crippen molar-refractivity contribution < 1.29 is 80.8 Å². The molecule has 0 aliphatic carbocycles. The number of fused-ring (bicyclic) bond motifs is 2. The first-order valence-corrected chi connectivity index (χ1v) is 16.7. The van der Waals surface area contributed by atoms with Crippen LogP contribution in [0.3, 0.4) is 0 Å². The Bertz CT molecular complexity index is 2100. The van der Waals surface area contributed by atoms with Gasteiger partial charge in [-0.2, -0.15) is 0 Å². The number of aromatic nitrogens is 4. The van der Waals surface area contributed by atoms with Gasteiger partial charge in [0, 0.05) is 92.5 Å². The molecule has 5 aromatic rings. The third kappa shape index (κ3) is 8.25. The molecule has 3 amide bonds. The number of aryl methyl sites for hydroxylation is 2. The van der Waals surface area contributed by atoms with E-state index in [9.17, 15) is 24.0 Å². The number of hydrogen-bond acceptors (Lipinski definition) is 9. The molecule has 2 saturated heterocycles. The summed E-state index contributed by atoms with van der Waals surface area (Å²) in [6, 6.07) is 12.5. The zero-order valence-electron chi connectivity index (χ0n) is 30.0. The van der Waals surface area contributed by atoms with Gasteiger partial charge in [0.25, 0.3) is 29.3 Å². The van der Waals surface area contributed by atoms with E-state index in [1.165, 1.54) is 0 Å². The molecule has 2 atom stereocenters. The molecular formula is C37H41KN8O6. The fourth-order valence-corrected chi connectivity index (χ4v) is 6.64. The SMILES string of the molecule is Cc1ccnc2[nH]cc(C(=O)C(=O)N3CCN(C(=O)c4ccccc4)C[C@H]3C)c12.Cc1ccnc2[nH]cc(C(=O)C(=O)N3CCNC[C@H]3C)c12.[K+].[OH-]. The fourth-order valence-electron chi connectivity index (χ4n) is 6.64. The number of H-pyrrole nitrogens is 2. The van der Waals surface area contributed by atoms with Crippen molar-refractivity contribution in [1.29, 1.82) is 0 Å². The standard InChI is InChI=1S/C22H22N4O3.C15H18N4O2.K.H2O/c1-14-8-9-23-20-18(14)17(12-24-20)19(27)22(29)26-11-10-25(13-15(26)2)21(28)16-6-4-3-5-7-16;1-9-3-4-17-14-12(9)11(8-18-14)13(20)15(21)19-6-5-16-7-10(19)2;;/h3-9,12,15H,10-11,13H2,1-2H3,(H,23,24);3-4,8,10,16H,5-7H2,1-2H3,(H,17,18);;1H2/q;;+1;/p-1/t15-;10-;;/m11../s1. The molecule has 52 heavy (non-hydrogen) atoms. The molecular weight excluding hydrogens is 692 g/mol. The molecule has 4 aromatic heterocycles. The maximum Gasteiger partial charge on any atom is 1.00 e. The van der Waals surface area contributed by atoms with Crippen molar-refractivity contribution in [2.45, 2.75) is 39.8 Å². The molecule has 14 nitrogen and oxygen atoms in total. The Balaban J connectivity index is 0.000000235. The molecule has 0 radical (unpaired) electrons. The third-order valence-electron chi connectivity index (χ3n) is 9.40. The van der Waals surface area contributed by atoms with Gasteiger partial charge in [-0.25, -0.2) is 9.97 Å². The first kappa shape index (κ1) is 40.7. The van der Waals surface area contributed by atoms with Crippen LogP contribution in [-0.4, -0.2) is 121 Å². The van der Waals surface area contributed by atoms with Crippen LogP contribution >= 0.6 is 0 Å². The Labute approximate surface area is 343 Å². The summed E-state index contributed by atoms with van der Waals surface area (Å²) in [4.78, 5) is 82.8. The Morgan fingerprint density at radius 2 is 1.23 bits per heavy atom. The molecule has 2 aliphatic heterocycles. The zero-order chi connectivity index (χ0) is 35.5. The van der Waals surface area contributed by atoms with Crippen LogP contribution in [0.5, 0.6) is 0 Å². The van der Waals surface area contributed by atoms with Crippen LogP contribution in [0.2, 0.25) is 0 Å². The van der Waals surface area contributed by atoms with Gasteiger partial charge in [0.05, 0.1) is 11.1 Å². The van der Waals surface area contributed by atoms with Crippen LogP contribution in [0.4, 0.5) is 0 Å². The van der Waals surface area contributed by atoms with Crippen molar-refractivity contribution in [1.82, 2.24) is 40.0 Å². The molecule has 0 bridgehead atoms. The van der Waals surface area contributed by atoms with Gasteiger partial charge in [-0.3, -0.25) is 24.0 Å². The van der Waals surface area contributed by atoms with Gasteiger partial charge in [-0.15, -0.1) is 0 Å². The van der Waals surface area contributed by atoms with Crippen LogP contribution in [0.25, 0.3) is 22.1 Å². The molecule has 0 spiro atoms. The van der Waals surface area contributed by atoms with Crippen molar-refractivity contribution in [3.8, 4) is 0 Å². The van der Waals surface area contributed by atoms with Crippen molar-refractivity contribution in [3.05, 3.63) is 95.1 Å². The normalized spacial score (nSPS) is 17.0. The monoisotopic (exact) mass is 732 g/mol. The summed E-state index contributed by atoms with van der Waals surface area (Å²) < 4.78 is 0. The van der Waals surface area contributed by atoms with Crippen LogP contribution in [0.15, 0.2) is 67.3 Å². The number of pyridine rings is 2. The summed E-state index contributed by atoms with van der Waals surface area (Å²) >= 11 is 0. The third-order valence-corrected chi connectivity index (χ3v) is 9.40. The summed E-state index contributed by atoms with van der Waals surface area (Å²) in [7, 11) is 0. The number of ketones is 2. The number of nitrogens with zero attached hydrogens (tertiary/aromatic N) is 5. The van der Waals surface area contributed by atoms with E-state index in [4.69, 9.17) is 0 Å². The average Bonchev–Trinajstić information content (AvgIpc) is 3.77. The maximum atomic E-state index is 12.9. The number of carbonyl (C=O) groups is 5. The van der Waals surface area contributed by atoms with Gasteiger partial charge in [0.2, 0.25) is 0 Å². The first-order chi connectivity index (χ1) is 24.1. The van der Waals surface area contributed by atoms with Crippen molar-refractivity contribution in [2.75, 3.05) is 39.3 Å². The predicted molar refractivity (Wildman–Crippen MR) is 190 cm³/mol. The van der Waals surface area contributed by atoms with E-state index in [0.29, 0.717) is 66.1 Å².